The van der Waals surface area contributed by atoms with Gasteiger partial charge in [-0.25, -0.2) is 9.98 Å². The maximum atomic E-state index is 11.7. The van der Waals surface area contributed by atoms with Gasteiger partial charge in [0.2, 0.25) is 0 Å². The van der Waals surface area contributed by atoms with Crippen molar-refractivity contribution in [3.05, 3.63) is 28.2 Å². The topological polar surface area (TPSA) is 51.0 Å². The maximum absolute atomic E-state index is 11.7. The van der Waals surface area contributed by atoms with Crippen molar-refractivity contribution in [1.82, 2.24) is 0 Å². The molecule has 0 N–H and O–H groups in total. The molecule has 0 aromatic heterocycles. The van der Waals surface area contributed by atoms with E-state index in [4.69, 9.17) is 27.9 Å². The highest BCUT2D eigenvalue weighted by Gasteiger charge is 2.31. The van der Waals surface area contributed by atoms with Crippen molar-refractivity contribution in [3.63, 3.8) is 0 Å². The lowest BCUT2D eigenvalue weighted by Crippen LogP contribution is -2.24. The van der Waals surface area contributed by atoms with Gasteiger partial charge in [0, 0.05) is 5.71 Å². The van der Waals surface area contributed by atoms with Gasteiger partial charge in [-0.1, -0.05) is 35.0 Å². The molecule has 2 rings (SSSR count). The molecule has 1 aliphatic rings. The van der Waals surface area contributed by atoms with Gasteiger partial charge in [0.05, 0.1) is 22.3 Å². The molecule has 1 atom stereocenters. The van der Waals surface area contributed by atoms with E-state index in [-0.39, 0.29) is 5.97 Å². The summed E-state index contributed by atoms with van der Waals surface area (Å²) in [6.45, 7) is 3.91. The Morgan fingerprint density at radius 3 is 2.85 bits per heavy atom. The van der Waals surface area contributed by atoms with Gasteiger partial charge in [0.1, 0.15) is 5.25 Å². The molecule has 0 aliphatic carbocycles. The number of nitrogens with zero attached hydrogens (tertiary/aromatic N) is 2. The first kappa shape index (κ1) is 15.4. The Kier molecular flexibility index (Phi) is 5.07. The van der Waals surface area contributed by atoms with E-state index in [0.29, 0.717) is 33.2 Å². The SMILES string of the molecule is CCOC(=O)[C@H]1SC(=Nc2ccc(Cl)c(Cl)c2)N=C1C. The monoisotopic (exact) mass is 330 g/mol. The van der Waals surface area contributed by atoms with Crippen LogP contribution in [0, 0.1) is 0 Å². The molecule has 20 heavy (non-hydrogen) atoms. The predicted molar refractivity (Wildman–Crippen MR) is 84.7 cm³/mol. The average molecular weight is 331 g/mol. The Balaban J connectivity index is 2.17. The Morgan fingerprint density at radius 1 is 1.45 bits per heavy atom. The molecule has 7 heteroatoms. The zero-order valence-electron chi connectivity index (χ0n) is 10.9. The summed E-state index contributed by atoms with van der Waals surface area (Å²) in [5, 5.41) is 0.994. The number of aliphatic imine (C=N–C) groups is 2. The van der Waals surface area contributed by atoms with Crippen molar-refractivity contribution in [3.8, 4) is 0 Å². The minimum Gasteiger partial charge on any atom is -0.465 e. The van der Waals surface area contributed by atoms with Gasteiger partial charge >= 0.3 is 5.97 Å². The van der Waals surface area contributed by atoms with E-state index in [1.54, 1.807) is 32.0 Å². The summed E-state index contributed by atoms with van der Waals surface area (Å²) in [6.07, 6.45) is 0. The molecule has 1 aromatic rings. The van der Waals surface area contributed by atoms with Gasteiger partial charge in [-0.15, -0.1) is 0 Å². The van der Waals surface area contributed by atoms with Gasteiger partial charge in [-0.05, 0) is 32.0 Å². The highest BCUT2D eigenvalue weighted by atomic mass is 35.5. The zero-order chi connectivity index (χ0) is 14.7. The van der Waals surface area contributed by atoms with E-state index in [0.717, 1.165) is 0 Å². The standard InChI is InChI=1S/C13H12Cl2N2O2S/c1-3-19-12(18)11-7(2)16-13(20-11)17-8-4-5-9(14)10(15)6-8/h4-6,11H,3H2,1-2H3/t11-/m0/s1. The molecule has 4 nitrogen and oxygen atoms in total. The molecule has 0 radical (unpaired) electrons. The van der Waals surface area contributed by atoms with Crippen LogP contribution in [0.3, 0.4) is 0 Å². The second-order valence-electron chi connectivity index (χ2n) is 4.00. The maximum Gasteiger partial charge on any atom is 0.325 e. The minimum atomic E-state index is -0.420. The van der Waals surface area contributed by atoms with Crippen molar-refractivity contribution in [1.29, 1.82) is 0 Å². The molecule has 0 spiro atoms. The van der Waals surface area contributed by atoms with Crippen molar-refractivity contribution >= 4 is 57.5 Å². The quantitative estimate of drug-likeness (QED) is 0.783. The van der Waals surface area contributed by atoms with Gasteiger partial charge < -0.3 is 4.74 Å². The first-order chi connectivity index (χ1) is 9.51. The number of rotatable bonds is 3. The van der Waals surface area contributed by atoms with Crippen LogP contribution in [0.5, 0.6) is 0 Å². The number of thioether (sulfide) groups is 1. The molecule has 1 aliphatic heterocycles. The average Bonchev–Trinajstić information content (AvgIpc) is 2.75. The fourth-order valence-corrected chi connectivity index (χ4v) is 2.83. The molecule has 0 fully saturated rings. The second-order valence-corrected chi connectivity index (χ2v) is 5.88. The summed E-state index contributed by atoms with van der Waals surface area (Å²) in [4.78, 5) is 20.4. The Morgan fingerprint density at radius 2 is 2.20 bits per heavy atom. The fraction of sp³-hybridized carbons (Fsp3) is 0.308. The van der Waals surface area contributed by atoms with E-state index in [1.807, 2.05) is 0 Å². The van der Waals surface area contributed by atoms with Crippen molar-refractivity contribution in [2.75, 3.05) is 6.61 Å². The number of esters is 1. The van der Waals surface area contributed by atoms with Crippen LogP contribution >= 0.6 is 35.0 Å². The normalized spacial score (nSPS) is 20.1. The van der Waals surface area contributed by atoms with Gasteiger partial charge in [0.15, 0.2) is 5.17 Å². The lowest BCUT2D eigenvalue weighted by molar-refractivity contribution is -0.141. The first-order valence-electron chi connectivity index (χ1n) is 5.93. The zero-order valence-corrected chi connectivity index (χ0v) is 13.2. The Hall–Kier alpha value is -1.04. The van der Waals surface area contributed by atoms with Crippen LogP contribution in [0.25, 0.3) is 0 Å². The molecule has 1 aromatic carbocycles. The lowest BCUT2D eigenvalue weighted by atomic mass is 10.3. The van der Waals surface area contributed by atoms with Gasteiger partial charge in [-0.2, -0.15) is 0 Å². The van der Waals surface area contributed by atoms with Crippen LogP contribution < -0.4 is 0 Å². The second kappa shape index (κ2) is 6.61. The highest BCUT2D eigenvalue weighted by molar-refractivity contribution is 8.16. The molecular formula is C13H12Cl2N2O2S. The summed E-state index contributed by atoms with van der Waals surface area (Å²) in [6, 6.07) is 5.06. The molecule has 0 saturated carbocycles. The third kappa shape index (κ3) is 3.53. The molecule has 0 saturated heterocycles. The third-order valence-electron chi connectivity index (χ3n) is 2.50. The Labute approximate surface area is 131 Å². The number of ether oxygens (including phenoxy) is 1. The number of carbonyl (C=O) groups excluding carboxylic acids is 1. The molecule has 0 unspecified atom stereocenters. The van der Waals surface area contributed by atoms with Crippen LogP contribution in [0.2, 0.25) is 10.0 Å². The van der Waals surface area contributed by atoms with E-state index >= 15 is 0 Å². The highest BCUT2D eigenvalue weighted by Crippen LogP contribution is 2.30. The number of amidine groups is 1. The van der Waals surface area contributed by atoms with E-state index < -0.39 is 5.25 Å². The molecule has 0 amide bonds. The summed E-state index contributed by atoms with van der Waals surface area (Å²) < 4.78 is 5.00. The van der Waals surface area contributed by atoms with Crippen molar-refractivity contribution in [2.24, 2.45) is 9.98 Å². The van der Waals surface area contributed by atoms with E-state index in [9.17, 15) is 4.79 Å². The molecule has 106 valence electrons. The number of halogens is 2. The fourth-order valence-electron chi connectivity index (χ4n) is 1.58. The molecule has 0 bridgehead atoms. The van der Waals surface area contributed by atoms with E-state index in [2.05, 4.69) is 9.98 Å². The molecule has 1 heterocycles. The van der Waals surface area contributed by atoms with E-state index in [1.165, 1.54) is 11.8 Å². The van der Waals surface area contributed by atoms with Crippen LogP contribution in [-0.4, -0.2) is 28.7 Å². The number of benzene rings is 1. The number of hydrogen-bond acceptors (Lipinski definition) is 4. The summed E-state index contributed by atoms with van der Waals surface area (Å²) in [7, 11) is 0. The lowest BCUT2D eigenvalue weighted by Gasteiger charge is -2.07. The summed E-state index contributed by atoms with van der Waals surface area (Å²) >= 11 is 13.0. The van der Waals surface area contributed by atoms with Crippen molar-refractivity contribution < 1.29 is 9.53 Å². The Bertz CT molecular complexity index is 602. The summed E-state index contributed by atoms with van der Waals surface area (Å²) in [5.74, 6) is -0.293. The number of carbonyl (C=O) groups is 1. The van der Waals surface area contributed by atoms with Crippen molar-refractivity contribution in [2.45, 2.75) is 19.1 Å². The number of hydrogen-bond donors (Lipinski definition) is 0. The van der Waals surface area contributed by atoms with Crippen LogP contribution in [0.15, 0.2) is 28.2 Å². The minimum absolute atomic E-state index is 0.293. The largest absolute Gasteiger partial charge is 0.465 e. The van der Waals surface area contributed by atoms with Gasteiger partial charge in [-0.3, -0.25) is 4.79 Å². The smallest absolute Gasteiger partial charge is 0.325 e. The summed E-state index contributed by atoms with van der Waals surface area (Å²) in [5.41, 5.74) is 1.33. The van der Waals surface area contributed by atoms with Crippen LogP contribution in [-0.2, 0) is 9.53 Å². The van der Waals surface area contributed by atoms with Crippen LogP contribution in [0.1, 0.15) is 13.8 Å². The molecular weight excluding hydrogens is 319 g/mol. The third-order valence-corrected chi connectivity index (χ3v) is 4.40. The van der Waals surface area contributed by atoms with Crippen LogP contribution in [0.4, 0.5) is 5.69 Å². The first-order valence-corrected chi connectivity index (χ1v) is 7.57. The van der Waals surface area contributed by atoms with Gasteiger partial charge in [0.25, 0.3) is 0 Å². The predicted octanol–water partition coefficient (Wildman–Crippen LogP) is 4.12.